The van der Waals surface area contributed by atoms with Crippen LogP contribution >= 0.6 is 0 Å². The van der Waals surface area contributed by atoms with Crippen LogP contribution in [0.1, 0.15) is 0 Å². The molecule has 0 aliphatic heterocycles. The highest BCUT2D eigenvalue weighted by molar-refractivity contribution is 6.31. The van der Waals surface area contributed by atoms with Gasteiger partial charge in [0, 0.05) is 21.7 Å². The Bertz CT molecular complexity index is 2140. The van der Waals surface area contributed by atoms with Crippen molar-refractivity contribution in [3.8, 4) is 33.5 Å². The van der Waals surface area contributed by atoms with Gasteiger partial charge in [-0.05, 0) is 62.0 Å². The number of pyridine rings is 1. The van der Waals surface area contributed by atoms with Gasteiger partial charge in [-0.15, -0.1) is 0 Å². The normalized spacial score (nSPS) is 11.5. The Kier molecular flexibility index (Phi) is 5.21. The van der Waals surface area contributed by atoms with Gasteiger partial charge in [-0.25, -0.2) is 4.98 Å². The summed E-state index contributed by atoms with van der Waals surface area (Å²) in [6.07, 6.45) is 0. The van der Waals surface area contributed by atoms with E-state index in [1.165, 1.54) is 60.0 Å². The van der Waals surface area contributed by atoms with Crippen LogP contribution in [0.2, 0.25) is 0 Å². The third-order valence-electron chi connectivity index (χ3n) is 8.00. The Morgan fingerprint density at radius 1 is 0.300 bits per heavy atom. The summed E-state index contributed by atoms with van der Waals surface area (Å²) in [7, 11) is 0. The molecule has 0 unspecified atom stereocenters. The fraction of sp³-hybridized carbons (Fsp3) is 0. The number of nitrogens with zero attached hydrogens (tertiary/aromatic N) is 1. The van der Waals surface area contributed by atoms with E-state index in [1.54, 1.807) is 0 Å². The lowest BCUT2D eigenvalue weighted by Crippen LogP contribution is -1.94. The van der Waals surface area contributed by atoms with Crippen LogP contribution in [0.25, 0.3) is 76.7 Å². The Hall–Kier alpha value is -5.27. The summed E-state index contributed by atoms with van der Waals surface area (Å²) in [5.41, 5.74) is 7.95. The highest BCUT2D eigenvalue weighted by Gasteiger charge is 2.17. The maximum absolute atomic E-state index is 5.52. The third kappa shape index (κ3) is 3.60. The lowest BCUT2D eigenvalue weighted by atomic mass is 9.90. The van der Waals surface area contributed by atoms with Crippen LogP contribution in [0.3, 0.4) is 0 Å². The van der Waals surface area contributed by atoms with Crippen molar-refractivity contribution in [1.82, 2.24) is 4.98 Å². The average molecular weight is 508 g/mol. The molecule has 0 N–H and O–H groups in total. The van der Waals surface area contributed by atoms with Crippen molar-refractivity contribution in [2.45, 2.75) is 0 Å². The van der Waals surface area contributed by atoms with E-state index in [1.807, 2.05) is 0 Å². The van der Waals surface area contributed by atoms with Crippen molar-refractivity contribution in [3.63, 3.8) is 0 Å². The minimum Gasteiger partial charge on any atom is -0.246 e. The second kappa shape index (κ2) is 9.18. The van der Waals surface area contributed by atoms with Crippen LogP contribution in [0, 0.1) is 0 Å². The van der Waals surface area contributed by atoms with Gasteiger partial charge in [0.2, 0.25) is 0 Å². The van der Waals surface area contributed by atoms with Gasteiger partial charge in [0.15, 0.2) is 0 Å². The lowest BCUT2D eigenvalue weighted by molar-refractivity contribution is 1.44. The van der Waals surface area contributed by atoms with Gasteiger partial charge >= 0.3 is 0 Å². The number of fused-ring (bicyclic) bond motifs is 8. The van der Waals surface area contributed by atoms with E-state index in [-0.39, 0.29) is 0 Å². The summed E-state index contributed by atoms with van der Waals surface area (Å²) >= 11 is 0. The molecule has 0 saturated carbocycles. The summed E-state index contributed by atoms with van der Waals surface area (Å²) in [6.45, 7) is 0. The third-order valence-corrected chi connectivity index (χ3v) is 8.00. The lowest BCUT2D eigenvalue weighted by Gasteiger charge is -2.16. The first-order valence-corrected chi connectivity index (χ1v) is 13.7. The molecule has 40 heavy (non-hydrogen) atoms. The molecule has 0 amide bonds. The smallest absolute Gasteiger partial charge is 0.0800 e. The quantitative estimate of drug-likeness (QED) is 0.217. The number of aromatic nitrogens is 1. The van der Waals surface area contributed by atoms with E-state index in [4.69, 9.17) is 4.98 Å². The van der Waals surface area contributed by atoms with Gasteiger partial charge < -0.3 is 0 Å². The van der Waals surface area contributed by atoms with Gasteiger partial charge in [0.1, 0.15) is 0 Å². The van der Waals surface area contributed by atoms with Crippen LogP contribution in [0.5, 0.6) is 0 Å². The predicted molar refractivity (Wildman–Crippen MR) is 171 cm³/mol. The number of hydrogen-bond donors (Lipinski definition) is 0. The van der Waals surface area contributed by atoms with Crippen LogP contribution in [0.4, 0.5) is 0 Å². The molecule has 186 valence electrons. The van der Waals surface area contributed by atoms with Crippen molar-refractivity contribution >= 4 is 43.2 Å². The van der Waals surface area contributed by atoms with Gasteiger partial charge in [-0.3, -0.25) is 0 Å². The Morgan fingerprint density at radius 2 is 0.700 bits per heavy atom. The van der Waals surface area contributed by atoms with Gasteiger partial charge in [0.25, 0.3) is 0 Å². The minimum absolute atomic E-state index is 1.01. The monoisotopic (exact) mass is 507 g/mol. The summed E-state index contributed by atoms with van der Waals surface area (Å²) in [5, 5.41) is 8.55. The molecule has 8 aromatic rings. The maximum atomic E-state index is 5.52. The Labute approximate surface area is 233 Å². The molecule has 0 saturated heterocycles. The molecular formula is C39H25N. The molecule has 0 aliphatic carbocycles. The summed E-state index contributed by atoms with van der Waals surface area (Å²) in [6, 6.07) is 54.3. The van der Waals surface area contributed by atoms with Crippen molar-refractivity contribution in [2.24, 2.45) is 0 Å². The first-order chi connectivity index (χ1) is 19.8. The van der Waals surface area contributed by atoms with Crippen LogP contribution in [0.15, 0.2) is 152 Å². The molecule has 7 aromatic carbocycles. The summed E-state index contributed by atoms with van der Waals surface area (Å²) in [4.78, 5) is 5.52. The van der Waals surface area contributed by atoms with E-state index in [9.17, 15) is 0 Å². The molecule has 0 bridgehead atoms. The zero-order valence-electron chi connectivity index (χ0n) is 21.9. The first-order valence-electron chi connectivity index (χ1n) is 13.7. The van der Waals surface area contributed by atoms with Crippen LogP contribution in [-0.2, 0) is 0 Å². The molecule has 0 spiro atoms. The molecule has 1 heterocycles. The topological polar surface area (TPSA) is 12.9 Å². The van der Waals surface area contributed by atoms with E-state index >= 15 is 0 Å². The minimum atomic E-state index is 1.01. The average Bonchev–Trinajstić information content (AvgIpc) is 3.05. The van der Waals surface area contributed by atoms with E-state index in [0.717, 1.165) is 16.8 Å². The number of benzene rings is 7. The highest BCUT2D eigenvalue weighted by Crippen LogP contribution is 2.42. The molecular weight excluding hydrogens is 482 g/mol. The van der Waals surface area contributed by atoms with Gasteiger partial charge in [-0.1, -0.05) is 133 Å². The van der Waals surface area contributed by atoms with E-state index in [2.05, 4.69) is 152 Å². The largest absolute Gasteiger partial charge is 0.246 e. The number of hydrogen-bond acceptors (Lipinski definition) is 1. The Morgan fingerprint density at radius 3 is 1.27 bits per heavy atom. The highest BCUT2D eigenvalue weighted by atomic mass is 14.7. The fourth-order valence-electron chi connectivity index (χ4n) is 6.17. The summed E-state index contributed by atoms with van der Waals surface area (Å²) in [5.74, 6) is 0. The molecule has 1 aromatic heterocycles. The number of rotatable bonds is 3. The molecule has 8 rings (SSSR count). The van der Waals surface area contributed by atoms with Crippen molar-refractivity contribution in [1.29, 1.82) is 0 Å². The Balaban J connectivity index is 1.52. The predicted octanol–water partition coefficient (Wildman–Crippen LogP) is 10.7. The standard InChI is InChI=1S/C39H25N/c1-3-13-26(14-4-1)28-23-29(27-15-5-2-6-16-27)25-30(24-28)38-36-22-12-10-20-34(36)37-33-19-9-7-17-31(33)32-18-8-11-21-35(32)39(37)40-38/h1-25H. The molecule has 1 nitrogen and oxygen atoms in total. The maximum Gasteiger partial charge on any atom is 0.0800 e. The fourth-order valence-corrected chi connectivity index (χ4v) is 6.17. The van der Waals surface area contributed by atoms with Crippen molar-refractivity contribution in [3.05, 3.63) is 152 Å². The molecule has 0 radical (unpaired) electrons. The van der Waals surface area contributed by atoms with E-state index in [0.29, 0.717) is 0 Å². The van der Waals surface area contributed by atoms with Crippen molar-refractivity contribution in [2.75, 3.05) is 0 Å². The molecule has 0 fully saturated rings. The van der Waals surface area contributed by atoms with E-state index < -0.39 is 0 Å². The van der Waals surface area contributed by atoms with Crippen molar-refractivity contribution < 1.29 is 0 Å². The second-order valence-corrected chi connectivity index (χ2v) is 10.4. The molecule has 0 atom stereocenters. The summed E-state index contributed by atoms with van der Waals surface area (Å²) < 4.78 is 0. The molecule has 0 aliphatic rings. The SMILES string of the molecule is c1ccc(-c2cc(-c3ccccc3)cc(-c3nc4c5ccccc5c5ccccc5c4c4ccccc34)c2)cc1. The first kappa shape index (κ1) is 22.7. The van der Waals surface area contributed by atoms with Gasteiger partial charge in [0.05, 0.1) is 11.2 Å². The van der Waals surface area contributed by atoms with Gasteiger partial charge in [-0.2, -0.15) is 0 Å². The zero-order chi connectivity index (χ0) is 26.5. The second-order valence-electron chi connectivity index (χ2n) is 10.4. The van der Waals surface area contributed by atoms with Crippen LogP contribution < -0.4 is 0 Å². The molecule has 1 heteroatoms. The zero-order valence-corrected chi connectivity index (χ0v) is 21.9. The van der Waals surface area contributed by atoms with Crippen LogP contribution in [-0.4, -0.2) is 4.98 Å².